The molecule has 136 valence electrons. The number of piperazine rings is 1. The van der Waals surface area contributed by atoms with Gasteiger partial charge in [0.05, 0.1) is 18.7 Å². The summed E-state index contributed by atoms with van der Waals surface area (Å²) in [5.74, 6) is 2.40. The number of methoxy groups -OCH3 is 1. The number of rotatable bonds is 3. The second kappa shape index (κ2) is 7.66. The van der Waals surface area contributed by atoms with Gasteiger partial charge in [-0.25, -0.2) is 0 Å². The Morgan fingerprint density at radius 3 is 2.36 bits per heavy atom. The molecule has 7 heteroatoms. The largest absolute Gasteiger partial charge is 0.496 e. The van der Waals surface area contributed by atoms with Crippen LogP contribution in [0.4, 0.5) is 0 Å². The third kappa shape index (κ3) is 3.77. The van der Waals surface area contributed by atoms with Gasteiger partial charge < -0.3 is 14.5 Å². The highest BCUT2D eigenvalue weighted by molar-refractivity contribution is 7.99. The van der Waals surface area contributed by atoms with E-state index in [1.165, 1.54) is 0 Å². The molecule has 2 aliphatic heterocycles. The number of carbonyl (C=O) groups is 2. The number of aryl methyl sites for hydroxylation is 2. The summed E-state index contributed by atoms with van der Waals surface area (Å²) >= 11 is 1.75. The first kappa shape index (κ1) is 18.1. The molecular formula is C18H25N3O3S. The summed E-state index contributed by atoms with van der Waals surface area (Å²) in [6.45, 7) is 6.28. The average Bonchev–Trinajstić information content (AvgIpc) is 3.17. The summed E-state index contributed by atoms with van der Waals surface area (Å²) in [5, 5.41) is 3.21. The molecule has 3 rings (SSSR count). The van der Waals surface area contributed by atoms with E-state index in [0.717, 1.165) is 22.8 Å². The zero-order chi connectivity index (χ0) is 18.0. The second-order valence-electron chi connectivity index (χ2n) is 6.53. The molecule has 25 heavy (non-hydrogen) atoms. The van der Waals surface area contributed by atoms with Gasteiger partial charge in [-0.2, -0.15) is 0 Å². The number of hydrogen-bond acceptors (Lipinski definition) is 5. The smallest absolute Gasteiger partial charge is 0.257 e. The van der Waals surface area contributed by atoms with Gasteiger partial charge in [0.25, 0.3) is 5.91 Å². The van der Waals surface area contributed by atoms with E-state index >= 15 is 0 Å². The van der Waals surface area contributed by atoms with Gasteiger partial charge in [0.2, 0.25) is 5.91 Å². The van der Waals surface area contributed by atoms with Crippen molar-refractivity contribution in [1.82, 2.24) is 15.1 Å². The lowest BCUT2D eigenvalue weighted by atomic mass is 10.0. The Kier molecular flexibility index (Phi) is 5.54. The molecule has 2 amide bonds. The number of amides is 2. The molecule has 2 fully saturated rings. The van der Waals surface area contributed by atoms with Gasteiger partial charge in [0.1, 0.15) is 5.75 Å². The lowest BCUT2D eigenvalue weighted by Gasteiger charge is -2.36. The predicted octanol–water partition coefficient (Wildman–Crippen LogP) is 1.26. The summed E-state index contributed by atoms with van der Waals surface area (Å²) in [6, 6.07) is 3.73. The van der Waals surface area contributed by atoms with E-state index < -0.39 is 0 Å². The minimum atomic E-state index is -0.0768. The van der Waals surface area contributed by atoms with Crippen LogP contribution in [0.5, 0.6) is 5.75 Å². The maximum absolute atomic E-state index is 12.9. The Bertz CT molecular complexity index is 666. The van der Waals surface area contributed by atoms with Crippen LogP contribution >= 0.6 is 11.8 Å². The number of nitrogens with one attached hydrogen (secondary N) is 1. The van der Waals surface area contributed by atoms with Gasteiger partial charge in [-0.1, -0.05) is 0 Å². The van der Waals surface area contributed by atoms with Crippen LogP contribution < -0.4 is 10.1 Å². The SMILES string of the molecule is COc1cc(C)c(C)cc1C(=O)N1CCN(C(=O)C2CSCN2)CC1. The summed E-state index contributed by atoms with van der Waals surface area (Å²) in [5.41, 5.74) is 2.77. The van der Waals surface area contributed by atoms with Crippen molar-refractivity contribution < 1.29 is 14.3 Å². The third-order valence-electron chi connectivity index (χ3n) is 4.94. The average molecular weight is 363 g/mol. The molecule has 0 aromatic heterocycles. The van der Waals surface area contributed by atoms with E-state index in [1.54, 1.807) is 18.9 Å². The Labute approximate surface area is 152 Å². The number of thioether (sulfide) groups is 1. The number of nitrogens with zero attached hydrogens (tertiary/aromatic N) is 2. The van der Waals surface area contributed by atoms with Crippen LogP contribution in [-0.2, 0) is 4.79 Å². The van der Waals surface area contributed by atoms with Gasteiger partial charge in [-0.05, 0) is 37.1 Å². The van der Waals surface area contributed by atoms with Crippen LogP contribution in [0.15, 0.2) is 12.1 Å². The second-order valence-corrected chi connectivity index (χ2v) is 7.56. The topological polar surface area (TPSA) is 61.9 Å². The Balaban J connectivity index is 1.65. The van der Waals surface area contributed by atoms with Gasteiger partial charge in [-0.3, -0.25) is 14.9 Å². The van der Waals surface area contributed by atoms with Crippen molar-refractivity contribution in [3.05, 3.63) is 28.8 Å². The van der Waals surface area contributed by atoms with Crippen LogP contribution in [0.3, 0.4) is 0 Å². The van der Waals surface area contributed by atoms with Crippen molar-refractivity contribution in [2.75, 3.05) is 44.9 Å². The van der Waals surface area contributed by atoms with Crippen LogP contribution in [-0.4, -0.2) is 72.6 Å². The summed E-state index contributed by atoms with van der Waals surface area (Å²) in [6.07, 6.45) is 0. The minimum Gasteiger partial charge on any atom is -0.496 e. The molecule has 2 heterocycles. The van der Waals surface area contributed by atoms with Crippen LogP contribution in [0.2, 0.25) is 0 Å². The summed E-state index contributed by atoms with van der Waals surface area (Å²) < 4.78 is 5.40. The number of ether oxygens (including phenoxy) is 1. The summed E-state index contributed by atoms with van der Waals surface area (Å²) in [7, 11) is 1.59. The Hall–Kier alpha value is -1.73. The van der Waals surface area contributed by atoms with Gasteiger partial charge >= 0.3 is 0 Å². The maximum atomic E-state index is 12.9. The first-order chi connectivity index (χ1) is 12.0. The molecule has 1 N–H and O–H groups in total. The zero-order valence-corrected chi connectivity index (χ0v) is 15.8. The summed E-state index contributed by atoms with van der Waals surface area (Å²) in [4.78, 5) is 29.0. The molecule has 0 saturated carbocycles. The fraction of sp³-hybridized carbons (Fsp3) is 0.556. The lowest BCUT2D eigenvalue weighted by molar-refractivity contribution is -0.134. The first-order valence-electron chi connectivity index (χ1n) is 8.55. The highest BCUT2D eigenvalue weighted by Gasteiger charge is 2.31. The zero-order valence-electron chi connectivity index (χ0n) is 15.0. The van der Waals surface area contributed by atoms with Crippen molar-refractivity contribution in [3.8, 4) is 5.75 Å². The van der Waals surface area contributed by atoms with E-state index in [-0.39, 0.29) is 17.9 Å². The Morgan fingerprint density at radius 2 is 1.76 bits per heavy atom. The molecule has 0 radical (unpaired) electrons. The Morgan fingerprint density at radius 1 is 1.12 bits per heavy atom. The van der Waals surface area contributed by atoms with E-state index in [4.69, 9.17) is 4.74 Å². The molecule has 1 unspecified atom stereocenters. The van der Waals surface area contributed by atoms with Crippen molar-refractivity contribution >= 4 is 23.6 Å². The molecule has 1 aromatic rings. The van der Waals surface area contributed by atoms with Crippen LogP contribution in [0.25, 0.3) is 0 Å². The van der Waals surface area contributed by atoms with E-state index in [0.29, 0.717) is 37.5 Å². The quantitative estimate of drug-likeness (QED) is 0.876. The normalized spacial score (nSPS) is 20.7. The molecule has 0 bridgehead atoms. The number of benzene rings is 1. The highest BCUT2D eigenvalue weighted by atomic mass is 32.2. The van der Waals surface area contributed by atoms with E-state index in [1.807, 2.05) is 35.8 Å². The predicted molar refractivity (Wildman–Crippen MR) is 99.2 cm³/mol. The van der Waals surface area contributed by atoms with Gasteiger partial charge in [0.15, 0.2) is 0 Å². The van der Waals surface area contributed by atoms with Crippen LogP contribution in [0.1, 0.15) is 21.5 Å². The van der Waals surface area contributed by atoms with Crippen molar-refractivity contribution in [2.45, 2.75) is 19.9 Å². The minimum absolute atomic E-state index is 0.0263. The van der Waals surface area contributed by atoms with E-state index in [9.17, 15) is 9.59 Å². The van der Waals surface area contributed by atoms with Crippen molar-refractivity contribution in [2.24, 2.45) is 0 Å². The number of hydrogen-bond donors (Lipinski definition) is 1. The molecular weight excluding hydrogens is 338 g/mol. The highest BCUT2D eigenvalue weighted by Crippen LogP contribution is 2.25. The van der Waals surface area contributed by atoms with Gasteiger partial charge in [-0.15, -0.1) is 11.8 Å². The monoisotopic (exact) mass is 363 g/mol. The van der Waals surface area contributed by atoms with Crippen LogP contribution in [0, 0.1) is 13.8 Å². The molecule has 0 aliphatic carbocycles. The molecule has 2 aliphatic rings. The third-order valence-corrected chi connectivity index (χ3v) is 5.88. The molecule has 1 aromatic carbocycles. The first-order valence-corrected chi connectivity index (χ1v) is 9.71. The fourth-order valence-corrected chi connectivity index (χ4v) is 4.13. The molecule has 1 atom stereocenters. The molecule has 2 saturated heterocycles. The fourth-order valence-electron chi connectivity index (χ4n) is 3.20. The van der Waals surface area contributed by atoms with Gasteiger partial charge in [0, 0.05) is 37.8 Å². The van der Waals surface area contributed by atoms with Crippen molar-refractivity contribution in [3.63, 3.8) is 0 Å². The van der Waals surface area contributed by atoms with Crippen molar-refractivity contribution in [1.29, 1.82) is 0 Å². The van der Waals surface area contributed by atoms with E-state index in [2.05, 4.69) is 5.32 Å². The maximum Gasteiger partial charge on any atom is 0.257 e. The standard InChI is InChI=1S/C18H25N3O3S/c1-12-8-14(16(24-3)9-13(12)2)17(22)20-4-6-21(7-5-20)18(23)15-10-25-11-19-15/h8-9,15,19H,4-7,10-11H2,1-3H3. The molecule has 0 spiro atoms. The molecule has 6 nitrogen and oxygen atoms in total. The number of carbonyl (C=O) groups excluding carboxylic acids is 2. The lowest BCUT2D eigenvalue weighted by Crippen LogP contribution is -2.54.